The van der Waals surface area contributed by atoms with E-state index >= 15 is 0 Å². The van der Waals surface area contributed by atoms with Gasteiger partial charge in [-0.05, 0) is 12.1 Å². The maximum Gasteiger partial charge on any atom is 0.452 e. The molecule has 0 aliphatic heterocycles. The third-order valence-corrected chi connectivity index (χ3v) is 4.84. The van der Waals surface area contributed by atoms with Gasteiger partial charge in [0, 0.05) is 10.8 Å². The van der Waals surface area contributed by atoms with Crippen LogP contribution in [0.4, 0.5) is 13.2 Å². The number of alkyl halides is 3. The predicted molar refractivity (Wildman–Crippen MR) is 104 cm³/mol. The van der Waals surface area contributed by atoms with Crippen LogP contribution in [0, 0.1) is 0 Å². The van der Waals surface area contributed by atoms with Crippen molar-refractivity contribution in [1.29, 1.82) is 0 Å². The van der Waals surface area contributed by atoms with Crippen molar-refractivity contribution >= 4 is 26.5 Å². The maximum absolute atomic E-state index is 13.3. The summed E-state index contributed by atoms with van der Waals surface area (Å²) >= 11 is 0. The summed E-state index contributed by atoms with van der Waals surface area (Å²) in [6, 6.07) is 11.6. The molecule has 0 spiro atoms. The van der Waals surface area contributed by atoms with Crippen LogP contribution in [0.3, 0.4) is 0 Å². The van der Waals surface area contributed by atoms with Gasteiger partial charge in [-0.15, -0.1) is 10.2 Å². The van der Waals surface area contributed by atoms with Crippen LogP contribution >= 0.6 is 0 Å². The van der Waals surface area contributed by atoms with Gasteiger partial charge in [0.1, 0.15) is 19.0 Å². The molecule has 3 aromatic heterocycles. The first-order valence-electron chi connectivity index (χ1n) is 8.87. The molecule has 162 valence electrons. The van der Waals surface area contributed by atoms with E-state index in [-0.39, 0.29) is 24.6 Å². The molecule has 0 amide bonds. The van der Waals surface area contributed by atoms with E-state index in [1.807, 2.05) is 0 Å². The van der Waals surface area contributed by atoms with E-state index in [1.165, 1.54) is 6.20 Å². The molecule has 0 aliphatic rings. The van der Waals surface area contributed by atoms with Crippen molar-refractivity contribution in [2.75, 3.05) is 6.26 Å². The number of fused-ring (bicyclic) bond motifs is 3. The van der Waals surface area contributed by atoms with Crippen molar-refractivity contribution in [3.63, 3.8) is 0 Å². The van der Waals surface area contributed by atoms with Crippen LogP contribution in [0.1, 0.15) is 17.2 Å². The highest BCUT2D eigenvalue weighted by molar-refractivity contribution is 7.85. The minimum atomic E-state index is -4.69. The molecule has 1 aromatic carbocycles. The zero-order valence-corrected chi connectivity index (χ0v) is 16.8. The third kappa shape index (κ3) is 4.59. The van der Waals surface area contributed by atoms with E-state index < -0.39 is 22.1 Å². The van der Waals surface area contributed by atoms with Gasteiger partial charge < -0.3 is 4.74 Å². The van der Waals surface area contributed by atoms with Crippen molar-refractivity contribution in [3.05, 3.63) is 65.9 Å². The molecule has 0 atom stereocenters. The fourth-order valence-corrected chi connectivity index (χ4v) is 3.33. The predicted octanol–water partition coefficient (Wildman–Crippen LogP) is 3.35. The minimum Gasteiger partial charge on any atom is -0.485 e. The van der Waals surface area contributed by atoms with E-state index in [0.717, 1.165) is 10.7 Å². The van der Waals surface area contributed by atoms with Gasteiger partial charge in [0.25, 0.3) is 10.1 Å². The third-order valence-electron chi connectivity index (χ3n) is 4.29. The largest absolute Gasteiger partial charge is 0.485 e. The van der Waals surface area contributed by atoms with Gasteiger partial charge in [0.15, 0.2) is 5.65 Å². The highest BCUT2D eigenvalue weighted by Crippen LogP contribution is 2.34. The molecular formula is C19H15F3N4O4S. The molecule has 0 saturated carbocycles. The molecule has 4 rings (SSSR count). The Morgan fingerprint density at radius 1 is 0.968 bits per heavy atom. The summed E-state index contributed by atoms with van der Waals surface area (Å²) in [6.07, 6.45) is -2.56. The summed E-state index contributed by atoms with van der Waals surface area (Å²) in [6.45, 7) is -0.303. The average molecular weight is 452 g/mol. The topological polar surface area (TPSA) is 95.7 Å². The second-order valence-corrected chi connectivity index (χ2v) is 8.27. The summed E-state index contributed by atoms with van der Waals surface area (Å²) in [7, 11) is -3.62. The monoisotopic (exact) mass is 452 g/mol. The van der Waals surface area contributed by atoms with E-state index in [4.69, 9.17) is 8.92 Å². The Morgan fingerprint density at radius 2 is 1.65 bits per heavy atom. The highest BCUT2D eigenvalue weighted by Gasteiger charge is 2.37. The minimum absolute atomic E-state index is 0.0633. The van der Waals surface area contributed by atoms with Gasteiger partial charge in [-0.25, -0.2) is 0 Å². The number of hydrogen-bond donors (Lipinski definition) is 0. The van der Waals surface area contributed by atoms with Crippen LogP contribution in [0.5, 0.6) is 5.75 Å². The van der Waals surface area contributed by atoms with Gasteiger partial charge >= 0.3 is 6.18 Å². The summed E-state index contributed by atoms with van der Waals surface area (Å²) in [4.78, 5) is 4.25. The number of rotatable bonds is 6. The number of aromatic nitrogens is 4. The lowest BCUT2D eigenvalue weighted by Gasteiger charge is -2.12. The quantitative estimate of drug-likeness (QED) is 0.414. The second-order valence-electron chi connectivity index (χ2n) is 6.63. The first-order valence-corrected chi connectivity index (χ1v) is 10.7. The molecule has 0 N–H and O–H groups in total. The molecule has 0 radical (unpaired) electrons. The molecular weight excluding hydrogens is 437 g/mol. The van der Waals surface area contributed by atoms with Crippen LogP contribution in [-0.4, -0.2) is 34.3 Å². The van der Waals surface area contributed by atoms with Gasteiger partial charge in [0.2, 0.25) is 5.82 Å². The van der Waals surface area contributed by atoms with Gasteiger partial charge in [0.05, 0.1) is 23.8 Å². The molecule has 3 heterocycles. The molecule has 4 aromatic rings. The van der Waals surface area contributed by atoms with E-state index in [2.05, 4.69) is 15.2 Å². The average Bonchev–Trinajstić information content (AvgIpc) is 3.15. The van der Waals surface area contributed by atoms with Crippen LogP contribution in [0.15, 0.2) is 48.7 Å². The second kappa shape index (κ2) is 7.78. The molecule has 31 heavy (non-hydrogen) atoms. The van der Waals surface area contributed by atoms with E-state index in [9.17, 15) is 21.6 Å². The molecule has 0 fully saturated rings. The molecule has 0 unspecified atom stereocenters. The molecule has 12 heteroatoms. The van der Waals surface area contributed by atoms with Crippen LogP contribution < -0.4 is 4.74 Å². The Labute approximate surface area is 174 Å². The Balaban J connectivity index is 1.67. The summed E-state index contributed by atoms with van der Waals surface area (Å²) in [5, 5.41) is 7.98. The zero-order chi connectivity index (χ0) is 22.2. The molecule has 8 nitrogen and oxygen atoms in total. The zero-order valence-electron chi connectivity index (χ0n) is 16.0. The number of pyridine rings is 2. The van der Waals surface area contributed by atoms with Crippen molar-refractivity contribution in [2.24, 2.45) is 0 Å². The van der Waals surface area contributed by atoms with Crippen molar-refractivity contribution in [1.82, 2.24) is 19.6 Å². The normalized spacial score (nSPS) is 12.5. The van der Waals surface area contributed by atoms with E-state index in [1.54, 1.807) is 42.5 Å². The Morgan fingerprint density at radius 3 is 2.32 bits per heavy atom. The fraction of sp³-hybridized carbons (Fsp3) is 0.211. The lowest BCUT2D eigenvalue weighted by atomic mass is 10.1. The van der Waals surface area contributed by atoms with E-state index in [0.29, 0.717) is 22.2 Å². The van der Waals surface area contributed by atoms with Crippen molar-refractivity contribution in [2.45, 2.75) is 19.4 Å². The molecule has 0 bridgehead atoms. The summed E-state index contributed by atoms with van der Waals surface area (Å²) in [5.74, 6) is -0.968. The Kier molecular flexibility index (Phi) is 5.27. The molecule has 0 aliphatic carbocycles. The van der Waals surface area contributed by atoms with Crippen LogP contribution in [0.25, 0.3) is 16.4 Å². The van der Waals surface area contributed by atoms with Crippen molar-refractivity contribution in [3.8, 4) is 5.75 Å². The number of halogens is 3. The first-order chi connectivity index (χ1) is 14.6. The number of benzene rings is 1. The number of ether oxygens (including phenoxy) is 1. The number of hydrogen-bond acceptors (Lipinski definition) is 7. The van der Waals surface area contributed by atoms with Crippen molar-refractivity contribution < 1.29 is 30.5 Å². The lowest BCUT2D eigenvalue weighted by molar-refractivity contribution is -0.145. The highest BCUT2D eigenvalue weighted by atomic mass is 32.2. The van der Waals surface area contributed by atoms with Gasteiger partial charge in [-0.3, -0.25) is 13.6 Å². The smallest absolute Gasteiger partial charge is 0.452 e. The Bertz CT molecular complexity index is 1370. The molecule has 0 saturated heterocycles. The maximum atomic E-state index is 13.3. The fourth-order valence-electron chi connectivity index (χ4n) is 2.99. The number of nitrogens with zero attached hydrogens (tertiary/aromatic N) is 4. The Hall–Kier alpha value is -3.25. The van der Waals surface area contributed by atoms with Gasteiger partial charge in [-0.1, -0.05) is 30.3 Å². The first kappa shape index (κ1) is 21.0. The SMILES string of the molecule is CS(=O)(=O)OCc1cccc(COc2cn3c(C(F)(F)F)nnc3c3ccccc23)n1. The summed E-state index contributed by atoms with van der Waals surface area (Å²) < 4.78 is 73.6. The van der Waals surface area contributed by atoms with Crippen LogP contribution in [-0.2, 0) is 33.7 Å². The summed E-state index contributed by atoms with van der Waals surface area (Å²) in [5.41, 5.74) is 0.872. The lowest BCUT2D eigenvalue weighted by Crippen LogP contribution is -2.11. The van der Waals surface area contributed by atoms with Crippen LogP contribution in [0.2, 0.25) is 0 Å². The van der Waals surface area contributed by atoms with Gasteiger partial charge in [-0.2, -0.15) is 21.6 Å². The standard InChI is InChI=1S/C19H15F3N4O4S/c1-31(27,28)30-11-13-6-4-5-12(23-13)10-29-16-9-26-17(15-8-3-2-7-14(15)16)24-25-18(26)19(20,21)22/h2-9H,10-11H2,1H3.